The zero-order chi connectivity index (χ0) is 19.4. The van der Waals surface area contributed by atoms with E-state index < -0.39 is 11.4 Å². The van der Waals surface area contributed by atoms with E-state index in [2.05, 4.69) is 15.5 Å². The summed E-state index contributed by atoms with van der Waals surface area (Å²) in [5.74, 6) is -0.395. The number of hydrogen-bond acceptors (Lipinski definition) is 5. The van der Waals surface area contributed by atoms with Crippen LogP contribution in [0.4, 0.5) is 9.18 Å². The number of benzene rings is 1. The van der Waals surface area contributed by atoms with E-state index >= 15 is 0 Å². The fourth-order valence-corrected chi connectivity index (χ4v) is 2.93. The van der Waals surface area contributed by atoms with E-state index in [0.29, 0.717) is 49.6 Å². The maximum absolute atomic E-state index is 12.9. The van der Waals surface area contributed by atoms with Crippen molar-refractivity contribution >= 4 is 12.0 Å². The van der Waals surface area contributed by atoms with Crippen molar-refractivity contribution in [3.63, 3.8) is 0 Å². The number of aliphatic carboxylic acids is 1. The Morgan fingerprint density at radius 3 is 2.78 bits per heavy atom. The van der Waals surface area contributed by atoms with Crippen LogP contribution in [0, 0.1) is 11.2 Å². The zero-order valence-corrected chi connectivity index (χ0v) is 14.9. The molecule has 1 atom stereocenters. The van der Waals surface area contributed by atoms with Gasteiger partial charge in [0, 0.05) is 31.6 Å². The monoisotopic (exact) mass is 376 g/mol. The lowest BCUT2D eigenvalue weighted by Crippen LogP contribution is -2.41. The molecule has 0 saturated carbocycles. The van der Waals surface area contributed by atoms with Gasteiger partial charge in [0.05, 0.1) is 5.41 Å². The number of carboxylic acid groups (broad SMARTS) is 1. The van der Waals surface area contributed by atoms with Crippen LogP contribution >= 0.6 is 0 Å². The molecule has 2 aromatic rings. The Balaban J connectivity index is 1.42. The average Bonchev–Trinajstić information content (AvgIpc) is 3.27. The van der Waals surface area contributed by atoms with E-state index in [9.17, 15) is 19.1 Å². The van der Waals surface area contributed by atoms with Crippen LogP contribution in [0.3, 0.4) is 0 Å². The molecule has 2 N–H and O–H groups in total. The lowest BCUT2D eigenvalue weighted by molar-refractivity contribution is -0.147. The Labute approximate surface area is 155 Å². The molecule has 2 amide bonds. The van der Waals surface area contributed by atoms with Crippen molar-refractivity contribution in [3.05, 3.63) is 36.0 Å². The van der Waals surface area contributed by atoms with E-state index in [1.54, 1.807) is 19.1 Å². The number of amides is 2. The smallest absolute Gasteiger partial charge is 0.317 e. The first-order valence-corrected chi connectivity index (χ1v) is 8.72. The molecule has 2 heterocycles. The van der Waals surface area contributed by atoms with Gasteiger partial charge in [-0.3, -0.25) is 4.79 Å². The van der Waals surface area contributed by atoms with Crippen LogP contribution in [0.25, 0.3) is 11.4 Å². The zero-order valence-electron chi connectivity index (χ0n) is 14.9. The molecule has 0 radical (unpaired) electrons. The van der Waals surface area contributed by atoms with Crippen LogP contribution in [-0.4, -0.2) is 51.8 Å². The second-order valence-corrected chi connectivity index (χ2v) is 6.89. The maximum atomic E-state index is 12.9. The predicted molar refractivity (Wildman–Crippen MR) is 93.3 cm³/mol. The topological polar surface area (TPSA) is 109 Å². The van der Waals surface area contributed by atoms with Crippen molar-refractivity contribution in [1.82, 2.24) is 20.4 Å². The molecule has 1 aromatic heterocycles. The summed E-state index contributed by atoms with van der Waals surface area (Å²) in [6, 6.07) is 5.54. The third-order valence-corrected chi connectivity index (χ3v) is 4.69. The molecule has 0 bridgehead atoms. The molecule has 1 unspecified atom stereocenters. The molecule has 1 saturated heterocycles. The Kier molecular flexibility index (Phi) is 5.38. The van der Waals surface area contributed by atoms with Crippen molar-refractivity contribution in [3.8, 4) is 11.4 Å². The van der Waals surface area contributed by atoms with E-state index in [0.717, 1.165) is 0 Å². The highest BCUT2D eigenvalue weighted by atomic mass is 19.1. The summed E-state index contributed by atoms with van der Waals surface area (Å²) in [4.78, 5) is 29.1. The molecule has 9 heteroatoms. The van der Waals surface area contributed by atoms with Gasteiger partial charge in [0.25, 0.3) is 0 Å². The number of halogens is 1. The standard InChI is InChI=1S/C18H21FN4O4/c1-18(16(24)25)8-10-23(11-18)17(26)20-9-2-3-14-21-15(22-27-14)12-4-6-13(19)7-5-12/h4-7H,2-3,8-11H2,1H3,(H,20,26)(H,24,25). The SMILES string of the molecule is CC1(C(=O)O)CCN(C(=O)NCCCc2nc(-c3ccc(F)cc3)no2)C1. The highest BCUT2D eigenvalue weighted by Crippen LogP contribution is 2.29. The van der Waals surface area contributed by atoms with Crippen LogP contribution in [0.5, 0.6) is 0 Å². The molecule has 0 aliphatic carbocycles. The first-order valence-electron chi connectivity index (χ1n) is 8.72. The normalized spacial score (nSPS) is 19.3. The van der Waals surface area contributed by atoms with Crippen molar-refractivity contribution in [2.45, 2.75) is 26.2 Å². The molecule has 144 valence electrons. The van der Waals surface area contributed by atoms with Gasteiger partial charge < -0.3 is 19.8 Å². The lowest BCUT2D eigenvalue weighted by atomic mass is 9.90. The number of carbonyl (C=O) groups is 2. The first-order chi connectivity index (χ1) is 12.9. The first kappa shape index (κ1) is 18.8. The van der Waals surface area contributed by atoms with E-state index in [1.165, 1.54) is 17.0 Å². The van der Waals surface area contributed by atoms with Gasteiger partial charge >= 0.3 is 12.0 Å². The molecule has 1 fully saturated rings. The van der Waals surface area contributed by atoms with Crippen LogP contribution in [0.1, 0.15) is 25.7 Å². The number of aromatic nitrogens is 2. The average molecular weight is 376 g/mol. The summed E-state index contributed by atoms with van der Waals surface area (Å²) in [6.45, 7) is 2.70. The van der Waals surface area contributed by atoms with Crippen LogP contribution in [0.2, 0.25) is 0 Å². The van der Waals surface area contributed by atoms with Gasteiger partial charge in [-0.15, -0.1) is 0 Å². The van der Waals surface area contributed by atoms with Crippen LogP contribution in [-0.2, 0) is 11.2 Å². The number of carboxylic acids is 1. The molecule has 8 nitrogen and oxygen atoms in total. The minimum atomic E-state index is -0.883. The second-order valence-electron chi connectivity index (χ2n) is 6.89. The van der Waals surface area contributed by atoms with Crippen LogP contribution in [0.15, 0.2) is 28.8 Å². The second kappa shape index (κ2) is 7.73. The number of nitrogens with zero attached hydrogens (tertiary/aromatic N) is 3. The summed E-state index contributed by atoms with van der Waals surface area (Å²) >= 11 is 0. The summed E-state index contributed by atoms with van der Waals surface area (Å²) < 4.78 is 18.1. The van der Waals surface area contributed by atoms with E-state index in [4.69, 9.17) is 4.52 Å². The summed E-state index contributed by atoms with van der Waals surface area (Å²) in [7, 11) is 0. The van der Waals surface area contributed by atoms with Gasteiger partial charge in [0.2, 0.25) is 11.7 Å². The van der Waals surface area contributed by atoms with Gasteiger partial charge in [-0.1, -0.05) is 5.16 Å². The van der Waals surface area contributed by atoms with Crippen molar-refractivity contribution in [2.75, 3.05) is 19.6 Å². The number of likely N-dealkylation sites (tertiary alicyclic amines) is 1. The van der Waals surface area contributed by atoms with Crippen LogP contribution < -0.4 is 5.32 Å². The number of rotatable bonds is 6. The molecule has 1 aliphatic heterocycles. The predicted octanol–water partition coefficient (Wildman–Crippen LogP) is 2.31. The molecule has 1 aromatic carbocycles. The van der Waals surface area contributed by atoms with Gasteiger partial charge in [0.1, 0.15) is 5.82 Å². The summed E-state index contributed by atoms with van der Waals surface area (Å²) in [5.41, 5.74) is -0.215. The minimum absolute atomic E-state index is 0.207. The number of urea groups is 1. The molecular formula is C18H21FN4O4. The number of carbonyl (C=O) groups excluding carboxylic acids is 1. The van der Waals surface area contributed by atoms with Gasteiger partial charge in [-0.2, -0.15) is 4.98 Å². The Morgan fingerprint density at radius 1 is 1.37 bits per heavy atom. The molecular weight excluding hydrogens is 355 g/mol. The fraction of sp³-hybridized carbons (Fsp3) is 0.444. The molecule has 1 aliphatic rings. The molecule has 3 rings (SSSR count). The Bertz CT molecular complexity index is 823. The molecule has 27 heavy (non-hydrogen) atoms. The highest BCUT2D eigenvalue weighted by Gasteiger charge is 2.42. The molecule has 0 spiro atoms. The highest BCUT2D eigenvalue weighted by molar-refractivity contribution is 5.79. The third kappa shape index (κ3) is 4.42. The van der Waals surface area contributed by atoms with Gasteiger partial charge in [-0.05, 0) is 44.0 Å². The number of hydrogen-bond donors (Lipinski definition) is 2. The summed E-state index contributed by atoms with van der Waals surface area (Å²) in [6.07, 6.45) is 1.53. The lowest BCUT2D eigenvalue weighted by Gasteiger charge is -2.20. The largest absolute Gasteiger partial charge is 0.481 e. The Morgan fingerprint density at radius 2 is 2.11 bits per heavy atom. The van der Waals surface area contributed by atoms with Gasteiger partial charge in [-0.25, -0.2) is 9.18 Å². The van der Waals surface area contributed by atoms with E-state index in [-0.39, 0.29) is 18.4 Å². The number of aryl methyl sites for hydroxylation is 1. The Hall–Kier alpha value is -2.97. The van der Waals surface area contributed by atoms with Gasteiger partial charge in [0.15, 0.2) is 0 Å². The maximum Gasteiger partial charge on any atom is 0.317 e. The van der Waals surface area contributed by atoms with Crippen molar-refractivity contribution < 1.29 is 23.6 Å². The quantitative estimate of drug-likeness (QED) is 0.749. The number of nitrogens with one attached hydrogen (secondary N) is 1. The van der Waals surface area contributed by atoms with Crippen molar-refractivity contribution in [1.29, 1.82) is 0 Å². The third-order valence-electron chi connectivity index (χ3n) is 4.69. The fourth-order valence-electron chi connectivity index (χ4n) is 2.93. The van der Waals surface area contributed by atoms with E-state index in [1.807, 2.05) is 0 Å². The van der Waals surface area contributed by atoms with Crippen molar-refractivity contribution in [2.24, 2.45) is 5.41 Å². The summed E-state index contributed by atoms with van der Waals surface area (Å²) in [5, 5.41) is 15.9. The minimum Gasteiger partial charge on any atom is -0.481 e.